The summed E-state index contributed by atoms with van der Waals surface area (Å²) < 4.78 is 0. The monoisotopic (exact) mass is 219 g/mol. The van der Waals surface area contributed by atoms with Crippen LogP contribution in [0.1, 0.15) is 38.7 Å². The molecule has 0 saturated heterocycles. The van der Waals surface area contributed by atoms with E-state index in [-0.39, 0.29) is 17.9 Å². The zero-order valence-corrected chi connectivity index (χ0v) is 10.6. The topological polar surface area (TPSA) is 20.3 Å². The molecular weight excluding hydrogens is 198 g/mol. The zero-order chi connectivity index (χ0) is 12.1. The van der Waals surface area contributed by atoms with Gasteiger partial charge in [-0.2, -0.15) is 0 Å². The summed E-state index contributed by atoms with van der Waals surface area (Å²) in [6, 6.07) is 10.5. The van der Waals surface area contributed by atoms with Crippen molar-refractivity contribution in [3.05, 3.63) is 35.9 Å². The first-order valence-corrected chi connectivity index (χ1v) is 5.83. The van der Waals surface area contributed by atoms with Crippen molar-refractivity contribution in [3.8, 4) is 0 Å². The number of hydrogen-bond donors (Lipinski definition) is 0. The van der Waals surface area contributed by atoms with E-state index in [9.17, 15) is 4.79 Å². The number of hydrogen-bond acceptors (Lipinski definition) is 1. The van der Waals surface area contributed by atoms with E-state index in [1.165, 1.54) is 5.56 Å². The highest BCUT2D eigenvalue weighted by molar-refractivity contribution is 5.77. The number of benzene rings is 1. The van der Waals surface area contributed by atoms with Gasteiger partial charge in [0.25, 0.3) is 0 Å². The van der Waals surface area contributed by atoms with Crippen LogP contribution in [-0.4, -0.2) is 23.9 Å². The molecule has 0 aliphatic heterocycles. The summed E-state index contributed by atoms with van der Waals surface area (Å²) in [5.41, 5.74) is 1.23. The Morgan fingerprint density at radius 2 is 1.75 bits per heavy atom. The SMILES string of the molecule is CC(CC(=O)N(C)C(C)C)c1ccccc1. The van der Waals surface area contributed by atoms with Crippen molar-refractivity contribution in [3.63, 3.8) is 0 Å². The van der Waals surface area contributed by atoms with Gasteiger partial charge in [-0.1, -0.05) is 37.3 Å². The number of rotatable bonds is 4. The molecule has 1 aromatic rings. The summed E-state index contributed by atoms with van der Waals surface area (Å²) in [5.74, 6) is 0.501. The number of amides is 1. The Labute approximate surface area is 98.3 Å². The van der Waals surface area contributed by atoms with E-state index in [0.717, 1.165) is 0 Å². The molecule has 1 rings (SSSR count). The molecule has 0 aliphatic rings. The number of nitrogens with zero attached hydrogens (tertiary/aromatic N) is 1. The third-order valence-corrected chi connectivity index (χ3v) is 3.02. The second-order valence-corrected chi connectivity index (χ2v) is 4.61. The zero-order valence-electron chi connectivity index (χ0n) is 10.6. The van der Waals surface area contributed by atoms with Gasteiger partial charge in [0, 0.05) is 19.5 Å². The Hall–Kier alpha value is -1.31. The minimum Gasteiger partial charge on any atom is -0.343 e. The maximum Gasteiger partial charge on any atom is 0.223 e. The highest BCUT2D eigenvalue weighted by atomic mass is 16.2. The lowest BCUT2D eigenvalue weighted by Gasteiger charge is -2.23. The molecule has 0 heterocycles. The smallest absolute Gasteiger partial charge is 0.223 e. The average molecular weight is 219 g/mol. The van der Waals surface area contributed by atoms with Gasteiger partial charge in [0.15, 0.2) is 0 Å². The molecule has 0 fully saturated rings. The van der Waals surface area contributed by atoms with Crippen LogP contribution in [0.4, 0.5) is 0 Å². The van der Waals surface area contributed by atoms with Gasteiger partial charge in [0.05, 0.1) is 0 Å². The van der Waals surface area contributed by atoms with Crippen molar-refractivity contribution in [1.29, 1.82) is 0 Å². The third kappa shape index (κ3) is 3.37. The van der Waals surface area contributed by atoms with Crippen LogP contribution in [0.5, 0.6) is 0 Å². The molecule has 16 heavy (non-hydrogen) atoms. The Kier molecular flexibility index (Phi) is 4.53. The molecular formula is C14H21NO. The predicted molar refractivity (Wildman–Crippen MR) is 67.4 cm³/mol. The van der Waals surface area contributed by atoms with E-state index < -0.39 is 0 Å². The van der Waals surface area contributed by atoms with Gasteiger partial charge >= 0.3 is 0 Å². The van der Waals surface area contributed by atoms with E-state index in [2.05, 4.69) is 19.1 Å². The second-order valence-electron chi connectivity index (χ2n) is 4.61. The van der Waals surface area contributed by atoms with Crippen LogP contribution in [0.15, 0.2) is 30.3 Å². The fraction of sp³-hybridized carbons (Fsp3) is 0.500. The fourth-order valence-electron chi connectivity index (χ4n) is 1.59. The number of carbonyl (C=O) groups excluding carboxylic acids is 1. The lowest BCUT2D eigenvalue weighted by Crippen LogP contribution is -2.33. The van der Waals surface area contributed by atoms with Gasteiger partial charge in [-0.15, -0.1) is 0 Å². The van der Waals surface area contributed by atoms with Crippen molar-refractivity contribution in [2.24, 2.45) is 0 Å². The van der Waals surface area contributed by atoms with Crippen LogP contribution in [0.25, 0.3) is 0 Å². The summed E-state index contributed by atoms with van der Waals surface area (Å²) in [6.45, 7) is 6.16. The maximum atomic E-state index is 11.9. The first-order chi connectivity index (χ1) is 7.52. The molecule has 1 atom stereocenters. The molecule has 2 nitrogen and oxygen atoms in total. The van der Waals surface area contributed by atoms with Crippen molar-refractivity contribution in [1.82, 2.24) is 4.90 Å². The van der Waals surface area contributed by atoms with E-state index in [1.54, 1.807) is 4.90 Å². The van der Waals surface area contributed by atoms with Crippen LogP contribution >= 0.6 is 0 Å². The molecule has 0 radical (unpaired) electrons. The largest absolute Gasteiger partial charge is 0.343 e. The quantitative estimate of drug-likeness (QED) is 0.762. The molecule has 0 aliphatic carbocycles. The molecule has 0 bridgehead atoms. The predicted octanol–water partition coefficient (Wildman–Crippen LogP) is 3.05. The molecule has 0 saturated carbocycles. The van der Waals surface area contributed by atoms with E-state index in [1.807, 2.05) is 39.1 Å². The Morgan fingerprint density at radius 1 is 1.19 bits per heavy atom. The van der Waals surface area contributed by atoms with Gasteiger partial charge in [-0.3, -0.25) is 4.79 Å². The molecule has 1 unspecified atom stereocenters. The molecule has 2 heteroatoms. The second kappa shape index (κ2) is 5.69. The standard InChI is InChI=1S/C14H21NO/c1-11(2)15(4)14(16)10-12(3)13-8-6-5-7-9-13/h5-9,11-12H,10H2,1-4H3. The summed E-state index contributed by atoms with van der Waals surface area (Å²) >= 11 is 0. The Morgan fingerprint density at radius 3 is 2.25 bits per heavy atom. The van der Waals surface area contributed by atoms with Gasteiger partial charge in [-0.25, -0.2) is 0 Å². The lowest BCUT2D eigenvalue weighted by atomic mass is 9.97. The molecule has 0 N–H and O–H groups in total. The summed E-state index contributed by atoms with van der Waals surface area (Å²) in [7, 11) is 1.87. The first kappa shape index (κ1) is 12.8. The molecule has 0 spiro atoms. The third-order valence-electron chi connectivity index (χ3n) is 3.02. The van der Waals surface area contributed by atoms with E-state index >= 15 is 0 Å². The van der Waals surface area contributed by atoms with Crippen LogP contribution in [-0.2, 0) is 4.79 Å². The molecule has 0 aromatic heterocycles. The van der Waals surface area contributed by atoms with Gasteiger partial charge in [0.2, 0.25) is 5.91 Å². The minimum atomic E-state index is 0.214. The van der Waals surface area contributed by atoms with Crippen molar-refractivity contribution < 1.29 is 4.79 Å². The lowest BCUT2D eigenvalue weighted by molar-refractivity contribution is -0.131. The first-order valence-electron chi connectivity index (χ1n) is 5.83. The molecule has 88 valence electrons. The van der Waals surface area contributed by atoms with Crippen molar-refractivity contribution >= 4 is 5.91 Å². The molecule has 1 amide bonds. The average Bonchev–Trinajstić information content (AvgIpc) is 2.28. The van der Waals surface area contributed by atoms with E-state index in [0.29, 0.717) is 6.42 Å². The van der Waals surface area contributed by atoms with E-state index in [4.69, 9.17) is 0 Å². The van der Waals surface area contributed by atoms with Gasteiger partial charge < -0.3 is 4.90 Å². The van der Waals surface area contributed by atoms with Crippen LogP contribution < -0.4 is 0 Å². The van der Waals surface area contributed by atoms with Gasteiger partial charge in [-0.05, 0) is 25.3 Å². The van der Waals surface area contributed by atoms with Crippen molar-refractivity contribution in [2.45, 2.75) is 39.2 Å². The maximum absolute atomic E-state index is 11.9. The number of carbonyl (C=O) groups is 1. The fourth-order valence-corrected chi connectivity index (χ4v) is 1.59. The van der Waals surface area contributed by atoms with Gasteiger partial charge in [0.1, 0.15) is 0 Å². The Balaban J connectivity index is 2.58. The summed E-state index contributed by atoms with van der Waals surface area (Å²) in [4.78, 5) is 13.7. The normalized spacial score (nSPS) is 12.6. The summed E-state index contributed by atoms with van der Waals surface area (Å²) in [6.07, 6.45) is 0.582. The van der Waals surface area contributed by atoms with Crippen LogP contribution in [0.3, 0.4) is 0 Å². The summed E-state index contributed by atoms with van der Waals surface area (Å²) in [5, 5.41) is 0. The van der Waals surface area contributed by atoms with Crippen LogP contribution in [0.2, 0.25) is 0 Å². The minimum absolute atomic E-state index is 0.214. The van der Waals surface area contributed by atoms with Crippen molar-refractivity contribution in [2.75, 3.05) is 7.05 Å². The Bertz CT molecular complexity index is 332. The van der Waals surface area contributed by atoms with Crippen LogP contribution in [0, 0.1) is 0 Å². The molecule has 1 aromatic carbocycles. The highest BCUT2D eigenvalue weighted by Crippen LogP contribution is 2.19. The highest BCUT2D eigenvalue weighted by Gasteiger charge is 2.16.